The second-order valence-corrected chi connectivity index (χ2v) is 5.77. The molecular weight excluding hydrogens is 340 g/mol. The van der Waals surface area contributed by atoms with E-state index in [0.717, 1.165) is 27.8 Å². The summed E-state index contributed by atoms with van der Waals surface area (Å²) in [5.74, 6) is 1.77. The van der Waals surface area contributed by atoms with E-state index in [2.05, 4.69) is 0 Å². The third-order valence-electron chi connectivity index (χ3n) is 3.95. The van der Waals surface area contributed by atoms with Gasteiger partial charge in [0.05, 0.1) is 14.2 Å². The predicted octanol–water partition coefficient (Wildman–Crippen LogP) is 5.58. The Balaban J connectivity index is 0.000000273. The number of ketones is 2. The molecule has 0 amide bonds. The van der Waals surface area contributed by atoms with Crippen LogP contribution in [0.4, 0.5) is 0 Å². The second kappa shape index (κ2) is 10.1. The first-order valence-electron chi connectivity index (χ1n) is 8.18. The molecule has 0 saturated carbocycles. The van der Waals surface area contributed by atoms with Crippen LogP contribution in [0.2, 0.25) is 0 Å². The van der Waals surface area contributed by atoms with Crippen LogP contribution >= 0.6 is 0 Å². The maximum atomic E-state index is 11.2. The van der Waals surface area contributed by atoms with E-state index < -0.39 is 0 Å². The Labute approximate surface area is 160 Å². The standard InChI is InChI=1S/C13H12O2.C9H10O2.CH4/c1-9(14)10-3-4-12-8-13(15-2)6-5-11(12)7-10;1-7(10)8-3-5-9(11-2)6-4-8;/h3-8H,1-2H3;3-6H,1-2H3;1H4. The zero-order valence-corrected chi connectivity index (χ0v) is 15.4. The number of hydrogen-bond donors (Lipinski definition) is 0. The average molecular weight is 366 g/mol. The van der Waals surface area contributed by atoms with Gasteiger partial charge in [-0.3, -0.25) is 9.59 Å². The smallest absolute Gasteiger partial charge is 0.159 e. The van der Waals surface area contributed by atoms with Crippen molar-refractivity contribution in [3.8, 4) is 11.5 Å². The van der Waals surface area contributed by atoms with Gasteiger partial charge in [-0.25, -0.2) is 0 Å². The number of carbonyl (C=O) groups is 2. The predicted molar refractivity (Wildman–Crippen MR) is 110 cm³/mol. The first kappa shape index (κ1) is 21.9. The number of benzene rings is 3. The summed E-state index contributed by atoms with van der Waals surface area (Å²) in [6.45, 7) is 3.12. The summed E-state index contributed by atoms with van der Waals surface area (Å²) >= 11 is 0. The van der Waals surface area contributed by atoms with Gasteiger partial charge < -0.3 is 9.47 Å². The number of hydrogen-bond acceptors (Lipinski definition) is 4. The third kappa shape index (κ3) is 5.96. The summed E-state index contributed by atoms with van der Waals surface area (Å²) in [4.78, 5) is 22.0. The lowest BCUT2D eigenvalue weighted by atomic mass is 10.0. The summed E-state index contributed by atoms with van der Waals surface area (Å²) in [6, 6.07) is 18.5. The summed E-state index contributed by atoms with van der Waals surface area (Å²) in [5, 5.41) is 2.14. The van der Waals surface area contributed by atoms with Gasteiger partial charge in [0.25, 0.3) is 0 Å². The highest BCUT2D eigenvalue weighted by atomic mass is 16.5. The highest BCUT2D eigenvalue weighted by molar-refractivity contribution is 5.98. The van der Waals surface area contributed by atoms with Crippen molar-refractivity contribution < 1.29 is 19.1 Å². The number of carbonyl (C=O) groups excluding carboxylic acids is 2. The van der Waals surface area contributed by atoms with E-state index in [9.17, 15) is 9.59 Å². The molecule has 0 atom stereocenters. The Hall–Kier alpha value is -3.14. The average Bonchev–Trinajstić information content (AvgIpc) is 2.67. The lowest BCUT2D eigenvalue weighted by molar-refractivity contribution is 0.100. The molecular formula is C23H26O4. The number of rotatable bonds is 4. The molecule has 4 heteroatoms. The van der Waals surface area contributed by atoms with Crippen LogP contribution in [-0.4, -0.2) is 25.8 Å². The fraction of sp³-hybridized carbons (Fsp3) is 0.217. The molecule has 4 nitrogen and oxygen atoms in total. The van der Waals surface area contributed by atoms with Crippen molar-refractivity contribution in [1.29, 1.82) is 0 Å². The van der Waals surface area contributed by atoms with E-state index in [1.807, 2.05) is 36.4 Å². The first-order chi connectivity index (χ1) is 12.4. The summed E-state index contributed by atoms with van der Waals surface area (Å²) < 4.78 is 10.1. The van der Waals surface area contributed by atoms with Gasteiger partial charge in [-0.05, 0) is 67.1 Å². The maximum absolute atomic E-state index is 11.2. The minimum Gasteiger partial charge on any atom is -0.497 e. The van der Waals surface area contributed by atoms with Gasteiger partial charge in [0.1, 0.15) is 11.5 Å². The molecule has 142 valence electrons. The van der Waals surface area contributed by atoms with Crippen molar-refractivity contribution in [3.63, 3.8) is 0 Å². The Morgan fingerprint density at radius 3 is 1.59 bits per heavy atom. The normalized spacial score (nSPS) is 9.48. The van der Waals surface area contributed by atoms with Gasteiger partial charge in [-0.15, -0.1) is 0 Å². The largest absolute Gasteiger partial charge is 0.497 e. The topological polar surface area (TPSA) is 52.6 Å². The molecule has 0 spiro atoms. The summed E-state index contributed by atoms with van der Waals surface area (Å²) in [6.07, 6.45) is 0. The van der Waals surface area contributed by atoms with E-state index in [-0.39, 0.29) is 19.0 Å². The van der Waals surface area contributed by atoms with Crippen molar-refractivity contribution in [2.45, 2.75) is 21.3 Å². The van der Waals surface area contributed by atoms with Crippen LogP contribution in [0.3, 0.4) is 0 Å². The molecule has 0 radical (unpaired) electrons. The molecule has 0 saturated heterocycles. The van der Waals surface area contributed by atoms with Crippen LogP contribution in [0.25, 0.3) is 10.8 Å². The van der Waals surface area contributed by atoms with Crippen LogP contribution < -0.4 is 9.47 Å². The van der Waals surface area contributed by atoms with Crippen molar-refractivity contribution in [2.75, 3.05) is 14.2 Å². The zero-order chi connectivity index (χ0) is 19.1. The SMILES string of the molecule is C.COc1ccc(C(C)=O)cc1.COc1ccc2cc(C(C)=O)ccc2c1. The molecule has 0 unspecified atom stereocenters. The Kier molecular flexibility index (Phi) is 8.21. The van der Waals surface area contributed by atoms with Crippen molar-refractivity contribution >= 4 is 22.3 Å². The lowest BCUT2D eigenvalue weighted by Gasteiger charge is -2.03. The Morgan fingerprint density at radius 2 is 1.07 bits per heavy atom. The zero-order valence-electron chi connectivity index (χ0n) is 15.4. The van der Waals surface area contributed by atoms with Gasteiger partial charge in [0.15, 0.2) is 11.6 Å². The van der Waals surface area contributed by atoms with Gasteiger partial charge in [0, 0.05) is 11.1 Å². The van der Waals surface area contributed by atoms with Gasteiger partial charge in [-0.1, -0.05) is 25.6 Å². The summed E-state index contributed by atoms with van der Waals surface area (Å²) in [7, 11) is 3.24. The minimum atomic E-state index is 0. The highest BCUT2D eigenvalue weighted by Crippen LogP contribution is 2.21. The Bertz CT molecular complexity index is 911. The third-order valence-corrected chi connectivity index (χ3v) is 3.95. The molecule has 0 aliphatic carbocycles. The van der Waals surface area contributed by atoms with Gasteiger partial charge in [-0.2, -0.15) is 0 Å². The number of methoxy groups -OCH3 is 2. The van der Waals surface area contributed by atoms with Crippen molar-refractivity contribution in [3.05, 3.63) is 71.8 Å². The highest BCUT2D eigenvalue weighted by Gasteiger charge is 2.01. The van der Waals surface area contributed by atoms with Crippen LogP contribution in [0.1, 0.15) is 42.0 Å². The molecule has 0 fully saturated rings. The van der Waals surface area contributed by atoms with Crippen molar-refractivity contribution in [2.24, 2.45) is 0 Å². The van der Waals surface area contributed by atoms with Crippen LogP contribution in [0.5, 0.6) is 11.5 Å². The number of Topliss-reactive ketones (excluding diaryl/α,β-unsaturated/α-hetero) is 2. The fourth-order valence-corrected chi connectivity index (χ4v) is 2.40. The Morgan fingerprint density at radius 1 is 0.630 bits per heavy atom. The molecule has 0 N–H and O–H groups in total. The molecule has 0 heterocycles. The molecule has 0 aromatic heterocycles. The monoisotopic (exact) mass is 366 g/mol. The second-order valence-electron chi connectivity index (χ2n) is 5.77. The van der Waals surface area contributed by atoms with Gasteiger partial charge in [0.2, 0.25) is 0 Å². The minimum absolute atomic E-state index is 0. The fourth-order valence-electron chi connectivity index (χ4n) is 2.40. The molecule has 0 aliphatic rings. The first-order valence-corrected chi connectivity index (χ1v) is 8.18. The van der Waals surface area contributed by atoms with E-state index >= 15 is 0 Å². The van der Waals surface area contributed by atoms with Crippen LogP contribution in [0, 0.1) is 0 Å². The van der Waals surface area contributed by atoms with E-state index in [0.29, 0.717) is 5.56 Å². The molecule has 27 heavy (non-hydrogen) atoms. The van der Waals surface area contributed by atoms with E-state index in [1.54, 1.807) is 52.3 Å². The van der Waals surface area contributed by atoms with Crippen LogP contribution in [0.15, 0.2) is 60.7 Å². The lowest BCUT2D eigenvalue weighted by Crippen LogP contribution is -1.91. The van der Waals surface area contributed by atoms with Crippen LogP contribution in [-0.2, 0) is 0 Å². The van der Waals surface area contributed by atoms with E-state index in [4.69, 9.17) is 9.47 Å². The number of fused-ring (bicyclic) bond motifs is 1. The van der Waals surface area contributed by atoms with Gasteiger partial charge >= 0.3 is 0 Å². The van der Waals surface area contributed by atoms with E-state index in [1.165, 1.54) is 0 Å². The molecule has 0 aliphatic heterocycles. The number of ether oxygens (including phenoxy) is 2. The maximum Gasteiger partial charge on any atom is 0.159 e. The molecule has 3 aromatic carbocycles. The molecule has 3 rings (SSSR count). The molecule has 3 aromatic rings. The van der Waals surface area contributed by atoms with Crippen molar-refractivity contribution in [1.82, 2.24) is 0 Å². The molecule has 0 bridgehead atoms. The summed E-state index contributed by atoms with van der Waals surface area (Å²) in [5.41, 5.74) is 1.46. The quantitative estimate of drug-likeness (QED) is 0.565.